The Morgan fingerprint density at radius 2 is 1.84 bits per heavy atom. The molecule has 0 saturated heterocycles. The van der Waals surface area contributed by atoms with Gasteiger partial charge in [-0.3, -0.25) is 14.4 Å². The summed E-state index contributed by atoms with van der Waals surface area (Å²) in [4.78, 5) is 36.8. The lowest BCUT2D eigenvalue weighted by atomic mass is 10.2. The predicted molar refractivity (Wildman–Crippen MR) is 125 cm³/mol. The predicted octanol–water partition coefficient (Wildman–Crippen LogP) is 2.88. The van der Waals surface area contributed by atoms with Gasteiger partial charge in [0.25, 0.3) is 5.56 Å². The van der Waals surface area contributed by atoms with Crippen LogP contribution in [-0.4, -0.2) is 26.4 Å². The molecule has 10 heteroatoms. The van der Waals surface area contributed by atoms with Crippen LogP contribution in [0.4, 0.5) is 11.4 Å². The Bertz CT molecular complexity index is 1410. The van der Waals surface area contributed by atoms with E-state index < -0.39 is 0 Å². The van der Waals surface area contributed by atoms with E-state index in [4.69, 9.17) is 11.6 Å². The molecule has 0 bridgehead atoms. The van der Waals surface area contributed by atoms with Gasteiger partial charge in [0.05, 0.1) is 15.2 Å². The fourth-order valence-corrected chi connectivity index (χ4v) is 4.21. The van der Waals surface area contributed by atoms with Gasteiger partial charge in [-0.05, 0) is 35.9 Å². The number of hydrogen-bond donors (Lipinski definition) is 2. The molecule has 2 N–H and O–H groups in total. The third-order valence-corrected chi connectivity index (χ3v) is 5.86. The number of rotatable bonds is 6. The molecule has 0 aliphatic rings. The highest BCUT2D eigenvalue weighted by Gasteiger charge is 2.14. The maximum absolute atomic E-state index is 12.9. The van der Waals surface area contributed by atoms with Crippen LogP contribution in [0.2, 0.25) is 5.02 Å². The summed E-state index contributed by atoms with van der Waals surface area (Å²) in [5.41, 5.74) is 1.79. The summed E-state index contributed by atoms with van der Waals surface area (Å²) >= 11 is 7.29. The van der Waals surface area contributed by atoms with E-state index in [0.29, 0.717) is 31.7 Å². The highest BCUT2D eigenvalue weighted by Crippen LogP contribution is 2.20. The largest absolute Gasteiger partial charge is 0.326 e. The summed E-state index contributed by atoms with van der Waals surface area (Å²) in [5.74, 6) is 0.0448. The van der Waals surface area contributed by atoms with Gasteiger partial charge in [-0.25, -0.2) is 4.40 Å². The van der Waals surface area contributed by atoms with Crippen LogP contribution in [-0.2, 0) is 16.0 Å². The molecule has 2 amide bonds. The van der Waals surface area contributed by atoms with Crippen LogP contribution in [0, 0.1) is 0 Å². The molecule has 0 unspecified atom stereocenters. The summed E-state index contributed by atoms with van der Waals surface area (Å²) in [7, 11) is 0. The third kappa shape index (κ3) is 4.84. The SMILES string of the molecule is CC(=O)Nc1ccc(/C=c2/sc3nnc(CCC(=O)Nc4ccccc4Cl)n3c2=O)cc1. The second-order valence-electron chi connectivity index (χ2n) is 6.98. The molecule has 162 valence electrons. The van der Waals surface area contributed by atoms with Gasteiger partial charge >= 0.3 is 0 Å². The molecule has 0 fully saturated rings. The van der Waals surface area contributed by atoms with Crippen LogP contribution in [0.25, 0.3) is 11.0 Å². The summed E-state index contributed by atoms with van der Waals surface area (Å²) < 4.78 is 1.94. The van der Waals surface area contributed by atoms with Crippen molar-refractivity contribution in [2.45, 2.75) is 19.8 Å². The van der Waals surface area contributed by atoms with Crippen LogP contribution in [0.15, 0.2) is 53.3 Å². The third-order valence-electron chi connectivity index (χ3n) is 4.57. The molecule has 8 nitrogen and oxygen atoms in total. The number of halogens is 1. The number of aromatic nitrogens is 3. The normalized spacial score (nSPS) is 11.6. The molecular formula is C22H18ClN5O3S. The topological polar surface area (TPSA) is 105 Å². The average Bonchev–Trinajstić information content (AvgIpc) is 3.29. The maximum atomic E-state index is 12.9. The molecule has 0 aliphatic carbocycles. The fraction of sp³-hybridized carbons (Fsp3) is 0.136. The lowest BCUT2D eigenvalue weighted by Crippen LogP contribution is -2.24. The number of benzene rings is 2. The number of thiazole rings is 1. The molecule has 0 aliphatic heterocycles. The smallest absolute Gasteiger partial charge is 0.275 e. The van der Waals surface area contributed by atoms with Crippen LogP contribution >= 0.6 is 22.9 Å². The average molecular weight is 468 g/mol. The minimum absolute atomic E-state index is 0.130. The van der Waals surface area contributed by atoms with E-state index in [1.54, 1.807) is 42.5 Å². The van der Waals surface area contributed by atoms with Gasteiger partial charge in [-0.1, -0.05) is 47.2 Å². The molecule has 0 spiro atoms. The zero-order chi connectivity index (χ0) is 22.7. The number of carbonyl (C=O) groups excluding carboxylic acids is 2. The Morgan fingerprint density at radius 3 is 2.56 bits per heavy atom. The number of amides is 2. The van der Waals surface area contributed by atoms with E-state index in [2.05, 4.69) is 20.8 Å². The molecule has 2 aromatic heterocycles. The summed E-state index contributed by atoms with van der Waals surface area (Å²) in [6.45, 7) is 1.44. The highest BCUT2D eigenvalue weighted by molar-refractivity contribution is 7.15. The first-order valence-electron chi connectivity index (χ1n) is 9.71. The first kappa shape index (κ1) is 21.7. The first-order valence-corrected chi connectivity index (χ1v) is 10.9. The molecular weight excluding hydrogens is 450 g/mol. The van der Waals surface area contributed by atoms with Gasteiger partial charge in [-0.2, -0.15) is 0 Å². The Kier molecular flexibility index (Phi) is 6.29. The van der Waals surface area contributed by atoms with Crippen molar-refractivity contribution in [3.05, 3.63) is 79.8 Å². The van der Waals surface area contributed by atoms with E-state index in [1.807, 2.05) is 12.1 Å². The Morgan fingerprint density at radius 1 is 1.09 bits per heavy atom. The number of aryl methyl sites for hydroxylation is 1. The van der Waals surface area contributed by atoms with Crippen molar-refractivity contribution in [1.82, 2.24) is 14.6 Å². The van der Waals surface area contributed by atoms with E-state index in [0.717, 1.165) is 5.56 Å². The first-order chi connectivity index (χ1) is 15.4. The minimum atomic E-state index is -0.234. The lowest BCUT2D eigenvalue weighted by molar-refractivity contribution is -0.116. The van der Waals surface area contributed by atoms with Gasteiger partial charge in [-0.15, -0.1) is 10.2 Å². The maximum Gasteiger partial charge on any atom is 0.275 e. The lowest BCUT2D eigenvalue weighted by Gasteiger charge is -2.06. The number of fused-ring (bicyclic) bond motifs is 1. The molecule has 4 rings (SSSR count). The zero-order valence-electron chi connectivity index (χ0n) is 17.0. The van der Waals surface area contributed by atoms with Gasteiger partial charge in [0.1, 0.15) is 5.82 Å². The molecule has 0 radical (unpaired) electrons. The van der Waals surface area contributed by atoms with Crippen molar-refractivity contribution in [2.24, 2.45) is 0 Å². The van der Waals surface area contributed by atoms with Crippen LogP contribution in [0.3, 0.4) is 0 Å². The molecule has 4 aromatic rings. The number of nitrogens with zero attached hydrogens (tertiary/aromatic N) is 3. The minimum Gasteiger partial charge on any atom is -0.326 e. The molecule has 0 atom stereocenters. The van der Waals surface area contributed by atoms with Crippen LogP contribution in [0.5, 0.6) is 0 Å². The van der Waals surface area contributed by atoms with E-state index in [9.17, 15) is 14.4 Å². The standard InChI is InChI=1S/C22H18ClN5O3S/c1-13(29)24-15-8-6-14(7-9-15)12-18-21(31)28-19(26-27-22(28)32-18)10-11-20(30)25-17-5-3-2-4-16(17)23/h2-9,12H,10-11H2,1H3,(H,24,29)(H,25,30)/b18-12+. The van der Waals surface area contributed by atoms with Gasteiger partial charge in [0, 0.05) is 25.5 Å². The van der Waals surface area contributed by atoms with Crippen molar-refractivity contribution in [2.75, 3.05) is 10.6 Å². The fourth-order valence-electron chi connectivity index (χ4n) is 3.09. The second-order valence-corrected chi connectivity index (χ2v) is 8.40. The van der Waals surface area contributed by atoms with Gasteiger partial charge in [0.15, 0.2) is 0 Å². The monoisotopic (exact) mass is 467 g/mol. The molecule has 2 heterocycles. The van der Waals surface area contributed by atoms with Crippen molar-refractivity contribution in [3.63, 3.8) is 0 Å². The summed E-state index contributed by atoms with van der Waals surface area (Å²) in [6, 6.07) is 14.1. The number of hydrogen-bond acceptors (Lipinski definition) is 6. The molecule has 2 aromatic carbocycles. The Labute approximate surface area is 191 Å². The highest BCUT2D eigenvalue weighted by atomic mass is 35.5. The number of para-hydroxylation sites is 1. The number of nitrogens with one attached hydrogen (secondary N) is 2. The summed E-state index contributed by atoms with van der Waals surface area (Å²) in [6.07, 6.45) is 2.15. The molecule has 32 heavy (non-hydrogen) atoms. The second kappa shape index (κ2) is 9.29. The van der Waals surface area contributed by atoms with Crippen LogP contribution in [0.1, 0.15) is 24.7 Å². The van der Waals surface area contributed by atoms with E-state index in [-0.39, 0.29) is 30.2 Å². The number of carbonyl (C=O) groups is 2. The summed E-state index contributed by atoms with van der Waals surface area (Å²) in [5, 5.41) is 14.0. The van der Waals surface area contributed by atoms with E-state index in [1.165, 1.54) is 22.7 Å². The zero-order valence-corrected chi connectivity index (χ0v) is 18.5. The van der Waals surface area contributed by atoms with Crippen LogP contribution < -0.4 is 20.7 Å². The quantitative estimate of drug-likeness (QED) is 0.453. The van der Waals surface area contributed by atoms with Gasteiger partial charge < -0.3 is 10.6 Å². The van der Waals surface area contributed by atoms with Crippen molar-refractivity contribution >= 4 is 57.2 Å². The van der Waals surface area contributed by atoms with E-state index >= 15 is 0 Å². The molecule has 0 saturated carbocycles. The Balaban J connectivity index is 1.51. The van der Waals surface area contributed by atoms with Crippen molar-refractivity contribution < 1.29 is 9.59 Å². The van der Waals surface area contributed by atoms with Gasteiger partial charge in [0.2, 0.25) is 16.8 Å². The van der Waals surface area contributed by atoms with Crippen molar-refractivity contribution in [3.8, 4) is 0 Å². The Hall–Kier alpha value is -3.56. The van der Waals surface area contributed by atoms with Crippen molar-refractivity contribution in [1.29, 1.82) is 0 Å². The number of anilines is 2.